The van der Waals surface area contributed by atoms with Crippen molar-refractivity contribution in [1.82, 2.24) is 0 Å². The Labute approximate surface area is 73.3 Å². The van der Waals surface area contributed by atoms with Crippen molar-refractivity contribution in [2.75, 3.05) is 6.61 Å². The molecule has 0 aromatic rings. The average Bonchev–Trinajstić information content (AvgIpc) is 2.70. The maximum Gasteiger partial charge on any atom is 0.126 e. The Hall–Kier alpha value is -0.370. The van der Waals surface area contributed by atoms with Gasteiger partial charge in [0.1, 0.15) is 6.29 Å². The van der Waals surface area contributed by atoms with Gasteiger partial charge in [-0.2, -0.15) is 0 Å². The van der Waals surface area contributed by atoms with E-state index < -0.39 is 0 Å². The van der Waals surface area contributed by atoms with E-state index in [0.717, 1.165) is 38.6 Å². The van der Waals surface area contributed by atoms with E-state index in [-0.39, 0.29) is 5.41 Å². The Morgan fingerprint density at radius 1 is 1.50 bits per heavy atom. The normalized spacial score (nSPS) is 31.8. The number of rotatable bonds is 4. The first-order valence-electron chi connectivity index (χ1n) is 4.93. The van der Waals surface area contributed by atoms with Crippen LogP contribution in [-0.2, 0) is 9.53 Å². The minimum Gasteiger partial charge on any atom is -0.378 e. The molecule has 1 saturated carbocycles. The van der Waals surface area contributed by atoms with E-state index in [0.29, 0.717) is 6.10 Å². The molecule has 0 aromatic carbocycles. The smallest absolute Gasteiger partial charge is 0.126 e. The molecule has 0 radical (unpaired) electrons. The number of ether oxygens (including phenoxy) is 1. The van der Waals surface area contributed by atoms with Gasteiger partial charge in [-0.05, 0) is 38.5 Å². The summed E-state index contributed by atoms with van der Waals surface area (Å²) >= 11 is 0. The molecule has 1 heterocycles. The van der Waals surface area contributed by atoms with E-state index in [2.05, 4.69) is 0 Å². The highest BCUT2D eigenvalue weighted by molar-refractivity contribution is 5.63. The van der Waals surface area contributed by atoms with Gasteiger partial charge in [0.25, 0.3) is 0 Å². The molecule has 0 aromatic heterocycles. The molecule has 2 nitrogen and oxygen atoms in total. The molecule has 12 heavy (non-hydrogen) atoms. The van der Waals surface area contributed by atoms with E-state index >= 15 is 0 Å². The number of carbonyl (C=O) groups is 1. The lowest BCUT2D eigenvalue weighted by molar-refractivity contribution is -0.112. The Kier molecular flexibility index (Phi) is 2.18. The van der Waals surface area contributed by atoms with Crippen LogP contribution >= 0.6 is 0 Å². The quantitative estimate of drug-likeness (QED) is 0.599. The minimum absolute atomic E-state index is 0.0892. The molecule has 1 aliphatic heterocycles. The SMILES string of the molecule is O=CC1(CCC2CCCO2)CC1. The summed E-state index contributed by atoms with van der Waals surface area (Å²) < 4.78 is 5.50. The molecule has 2 fully saturated rings. The fourth-order valence-corrected chi connectivity index (χ4v) is 1.91. The Balaban J connectivity index is 1.70. The highest BCUT2D eigenvalue weighted by Gasteiger charge is 2.42. The Morgan fingerprint density at radius 3 is 2.83 bits per heavy atom. The lowest BCUT2D eigenvalue weighted by Crippen LogP contribution is -2.10. The predicted molar refractivity (Wildman–Crippen MR) is 45.9 cm³/mol. The first kappa shape index (κ1) is 8.24. The topological polar surface area (TPSA) is 26.3 Å². The highest BCUT2D eigenvalue weighted by atomic mass is 16.5. The lowest BCUT2D eigenvalue weighted by atomic mass is 9.99. The van der Waals surface area contributed by atoms with Crippen molar-refractivity contribution in [2.45, 2.75) is 44.6 Å². The van der Waals surface area contributed by atoms with Crippen LogP contribution in [0.15, 0.2) is 0 Å². The molecule has 1 atom stereocenters. The van der Waals surface area contributed by atoms with E-state index in [1.54, 1.807) is 0 Å². The summed E-state index contributed by atoms with van der Waals surface area (Å²) in [6.07, 6.45) is 8.41. The zero-order chi connectivity index (χ0) is 8.44. The molecule has 1 aliphatic carbocycles. The first-order valence-corrected chi connectivity index (χ1v) is 4.93. The van der Waals surface area contributed by atoms with Gasteiger partial charge in [0.2, 0.25) is 0 Å². The van der Waals surface area contributed by atoms with Crippen LogP contribution in [0.4, 0.5) is 0 Å². The van der Waals surface area contributed by atoms with Crippen LogP contribution in [0.5, 0.6) is 0 Å². The maximum atomic E-state index is 10.7. The Bertz CT molecular complexity index is 167. The minimum atomic E-state index is 0.0892. The second-order valence-corrected chi connectivity index (χ2v) is 4.15. The van der Waals surface area contributed by atoms with Crippen LogP contribution in [0.25, 0.3) is 0 Å². The summed E-state index contributed by atoms with van der Waals surface area (Å²) in [5.74, 6) is 0. The molecule has 1 saturated heterocycles. The Morgan fingerprint density at radius 2 is 2.33 bits per heavy atom. The molecular weight excluding hydrogens is 152 g/mol. The van der Waals surface area contributed by atoms with Crippen molar-refractivity contribution in [3.63, 3.8) is 0 Å². The second kappa shape index (κ2) is 3.17. The van der Waals surface area contributed by atoms with Crippen molar-refractivity contribution in [2.24, 2.45) is 5.41 Å². The van der Waals surface area contributed by atoms with Crippen molar-refractivity contribution in [3.05, 3.63) is 0 Å². The van der Waals surface area contributed by atoms with Gasteiger partial charge < -0.3 is 9.53 Å². The predicted octanol–water partition coefficient (Wildman–Crippen LogP) is 1.92. The second-order valence-electron chi connectivity index (χ2n) is 4.15. The zero-order valence-corrected chi connectivity index (χ0v) is 7.42. The third-order valence-corrected chi connectivity index (χ3v) is 3.13. The molecule has 0 N–H and O–H groups in total. The molecule has 2 rings (SSSR count). The van der Waals surface area contributed by atoms with Crippen LogP contribution in [-0.4, -0.2) is 19.0 Å². The number of carbonyl (C=O) groups excluding carboxylic acids is 1. The average molecular weight is 168 g/mol. The van der Waals surface area contributed by atoms with Crippen molar-refractivity contribution < 1.29 is 9.53 Å². The molecular formula is C10H16O2. The third-order valence-electron chi connectivity index (χ3n) is 3.13. The molecule has 0 spiro atoms. The molecule has 2 aliphatic rings. The summed E-state index contributed by atoms with van der Waals surface area (Å²) in [6, 6.07) is 0. The van der Waals surface area contributed by atoms with Gasteiger partial charge >= 0.3 is 0 Å². The molecule has 0 amide bonds. The monoisotopic (exact) mass is 168 g/mol. The summed E-state index contributed by atoms with van der Waals surface area (Å²) in [6.45, 7) is 0.929. The number of aldehydes is 1. The van der Waals surface area contributed by atoms with Gasteiger partial charge in [-0.1, -0.05) is 0 Å². The van der Waals surface area contributed by atoms with Crippen LogP contribution in [0, 0.1) is 5.41 Å². The zero-order valence-electron chi connectivity index (χ0n) is 7.42. The number of hydrogen-bond acceptors (Lipinski definition) is 2. The van der Waals surface area contributed by atoms with Crippen LogP contribution in [0.3, 0.4) is 0 Å². The molecule has 0 bridgehead atoms. The lowest BCUT2D eigenvalue weighted by Gasteiger charge is -2.11. The molecule has 68 valence electrons. The molecule has 1 unspecified atom stereocenters. The fourth-order valence-electron chi connectivity index (χ4n) is 1.91. The first-order chi connectivity index (χ1) is 5.85. The summed E-state index contributed by atoms with van der Waals surface area (Å²) in [5, 5.41) is 0. The standard InChI is InChI=1S/C10H16O2/c11-8-10(5-6-10)4-3-9-2-1-7-12-9/h8-9H,1-7H2. The van der Waals surface area contributed by atoms with Gasteiger partial charge in [-0.3, -0.25) is 0 Å². The van der Waals surface area contributed by atoms with E-state index in [9.17, 15) is 4.79 Å². The van der Waals surface area contributed by atoms with Gasteiger partial charge in [-0.25, -0.2) is 0 Å². The summed E-state index contributed by atoms with van der Waals surface area (Å²) in [7, 11) is 0. The van der Waals surface area contributed by atoms with Crippen molar-refractivity contribution in [3.8, 4) is 0 Å². The van der Waals surface area contributed by atoms with Gasteiger partial charge in [-0.15, -0.1) is 0 Å². The third kappa shape index (κ3) is 1.69. The van der Waals surface area contributed by atoms with Gasteiger partial charge in [0, 0.05) is 12.0 Å². The summed E-state index contributed by atoms with van der Waals surface area (Å²) in [4.78, 5) is 10.7. The van der Waals surface area contributed by atoms with Crippen molar-refractivity contribution in [1.29, 1.82) is 0 Å². The summed E-state index contributed by atoms with van der Waals surface area (Å²) in [5.41, 5.74) is 0.0892. The van der Waals surface area contributed by atoms with E-state index in [4.69, 9.17) is 4.74 Å². The van der Waals surface area contributed by atoms with Crippen LogP contribution < -0.4 is 0 Å². The largest absolute Gasteiger partial charge is 0.378 e. The maximum absolute atomic E-state index is 10.7. The highest BCUT2D eigenvalue weighted by Crippen LogP contribution is 2.48. The van der Waals surface area contributed by atoms with Gasteiger partial charge in [0.05, 0.1) is 6.10 Å². The van der Waals surface area contributed by atoms with Crippen LogP contribution in [0.1, 0.15) is 38.5 Å². The van der Waals surface area contributed by atoms with Gasteiger partial charge in [0.15, 0.2) is 0 Å². The molecule has 2 heteroatoms. The number of hydrogen-bond donors (Lipinski definition) is 0. The fraction of sp³-hybridized carbons (Fsp3) is 0.900. The van der Waals surface area contributed by atoms with Crippen LogP contribution in [0.2, 0.25) is 0 Å². The van der Waals surface area contributed by atoms with E-state index in [1.807, 2.05) is 0 Å². The van der Waals surface area contributed by atoms with Crippen molar-refractivity contribution >= 4 is 6.29 Å². The van der Waals surface area contributed by atoms with E-state index in [1.165, 1.54) is 12.8 Å².